The Morgan fingerprint density at radius 2 is 1.64 bits per heavy atom. The number of nitrogens with one attached hydrogen (secondary N) is 1. The molecule has 0 spiro atoms. The van der Waals surface area contributed by atoms with Gasteiger partial charge in [-0.3, -0.25) is 4.79 Å². The molecule has 7 heteroatoms. The van der Waals surface area contributed by atoms with Gasteiger partial charge in [0.05, 0.1) is 17.9 Å². The highest BCUT2D eigenvalue weighted by Gasteiger charge is 2.15. The van der Waals surface area contributed by atoms with Crippen LogP contribution in [0.3, 0.4) is 0 Å². The summed E-state index contributed by atoms with van der Waals surface area (Å²) in [7, 11) is 0. The molecule has 144 valence electrons. The summed E-state index contributed by atoms with van der Waals surface area (Å²) >= 11 is 11.9. The van der Waals surface area contributed by atoms with Crippen molar-refractivity contribution in [2.24, 2.45) is 0 Å². The van der Waals surface area contributed by atoms with E-state index in [4.69, 9.17) is 27.9 Å². The monoisotopic (exact) mass is 417 g/mol. The fourth-order valence-corrected chi connectivity index (χ4v) is 2.94. The van der Waals surface area contributed by atoms with Crippen LogP contribution in [0.25, 0.3) is 0 Å². The van der Waals surface area contributed by atoms with Crippen LogP contribution in [-0.4, -0.2) is 22.7 Å². The highest BCUT2D eigenvalue weighted by Crippen LogP contribution is 2.30. The van der Waals surface area contributed by atoms with Gasteiger partial charge < -0.3 is 20.3 Å². The Labute approximate surface area is 172 Å². The lowest BCUT2D eigenvalue weighted by Gasteiger charge is -2.14. The first-order valence-electron chi connectivity index (χ1n) is 8.43. The van der Waals surface area contributed by atoms with Crippen molar-refractivity contribution in [3.8, 4) is 17.2 Å². The van der Waals surface area contributed by atoms with Crippen LogP contribution >= 0.6 is 23.2 Å². The number of halogens is 2. The highest BCUT2D eigenvalue weighted by molar-refractivity contribution is 6.31. The van der Waals surface area contributed by atoms with Crippen molar-refractivity contribution in [2.45, 2.75) is 6.42 Å². The van der Waals surface area contributed by atoms with Crippen LogP contribution in [0.15, 0.2) is 60.7 Å². The van der Waals surface area contributed by atoms with E-state index >= 15 is 0 Å². The molecule has 3 aromatic rings. The van der Waals surface area contributed by atoms with Gasteiger partial charge in [0.15, 0.2) is 0 Å². The van der Waals surface area contributed by atoms with Crippen molar-refractivity contribution in [3.63, 3.8) is 0 Å². The third-order valence-corrected chi connectivity index (χ3v) is 4.48. The van der Waals surface area contributed by atoms with Gasteiger partial charge in [0.25, 0.3) is 5.91 Å². The van der Waals surface area contributed by atoms with Crippen molar-refractivity contribution < 1.29 is 19.7 Å². The van der Waals surface area contributed by atoms with E-state index in [9.17, 15) is 15.0 Å². The summed E-state index contributed by atoms with van der Waals surface area (Å²) in [6.45, 7) is 0.282. The molecule has 0 saturated heterocycles. The maximum atomic E-state index is 12.5. The number of rotatable bonds is 6. The summed E-state index contributed by atoms with van der Waals surface area (Å²) < 4.78 is 5.77. The number of carbonyl (C=O) groups excluding carboxylic acids is 1. The van der Waals surface area contributed by atoms with E-state index in [0.717, 1.165) is 5.56 Å². The fourth-order valence-electron chi connectivity index (χ4n) is 2.60. The van der Waals surface area contributed by atoms with Crippen LogP contribution in [0.4, 0.5) is 5.69 Å². The minimum Gasteiger partial charge on any atom is -0.508 e. The minimum absolute atomic E-state index is 0.0348. The third-order valence-electron chi connectivity index (χ3n) is 4.01. The van der Waals surface area contributed by atoms with E-state index in [1.165, 1.54) is 18.2 Å². The number of anilines is 1. The van der Waals surface area contributed by atoms with Crippen LogP contribution in [-0.2, 0) is 6.42 Å². The van der Waals surface area contributed by atoms with E-state index in [-0.39, 0.29) is 23.7 Å². The number of carbonyl (C=O) groups is 1. The zero-order valence-corrected chi connectivity index (χ0v) is 16.2. The number of benzene rings is 3. The lowest BCUT2D eigenvalue weighted by Crippen LogP contribution is -2.13. The molecule has 0 radical (unpaired) electrons. The number of hydrogen-bond donors (Lipinski definition) is 3. The predicted octanol–water partition coefficient (Wildman–Crippen LogP) is 5.28. The number of ether oxygens (including phenoxy) is 1. The van der Waals surface area contributed by atoms with Crippen molar-refractivity contribution in [3.05, 3.63) is 81.8 Å². The number of hydrogen-bond acceptors (Lipinski definition) is 4. The largest absolute Gasteiger partial charge is 0.508 e. The molecule has 0 aromatic heterocycles. The summed E-state index contributed by atoms with van der Waals surface area (Å²) in [6, 6.07) is 16.0. The number of aromatic hydroxyl groups is 2. The van der Waals surface area contributed by atoms with E-state index in [0.29, 0.717) is 27.9 Å². The summed E-state index contributed by atoms with van der Waals surface area (Å²) in [4.78, 5) is 12.5. The quantitative estimate of drug-likeness (QED) is 0.509. The number of phenolic OH excluding ortho intramolecular Hbond substituents is 2. The molecule has 0 heterocycles. The molecule has 0 bridgehead atoms. The summed E-state index contributed by atoms with van der Waals surface area (Å²) in [5.41, 5.74) is 1.15. The van der Waals surface area contributed by atoms with Crippen molar-refractivity contribution in [1.29, 1.82) is 0 Å². The predicted molar refractivity (Wildman–Crippen MR) is 110 cm³/mol. The molecule has 1 amide bonds. The summed E-state index contributed by atoms with van der Waals surface area (Å²) in [5.74, 6) is -0.124. The minimum atomic E-state index is -0.548. The lowest BCUT2D eigenvalue weighted by atomic mass is 10.1. The molecule has 0 aliphatic carbocycles. The molecule has 3 N–H and O–H groups in total. The van der Waals surface area contributed by atoms with Gasteiger partial charge in [-0.15, -0.1) is 0 Å². The van der Waals surface area contributed by atoms with Gasteiger partial charge in [0.2, 0.25) is 0 Å². The lowest BCUT2D eigenvalue weighted by molar-refractivity contribution is 0.102. The SMILES string of the molecule is O=C(Nc1cc(Cl)ccc1OCCc1ccccc1O)c1cc(Cl)ccc1O. The number of amides is 1. The summed E-state index contributed by atoms with van der Waals surface area (Å²) in [6.07, 6.45) is 0.484. The Balaban J connectivity index is 1.74. The molecule has 0 unspecified atom stereocenters. The van der Waals surface area contributed by atoms with Gasteiger partial charge in [-0.2, -0.15) is 0 Å². The zero-order chi connectivity index (χ0) is 20.1. The topological polar surface area (TPSA) is 78.8 Å². The number of para-hydroxylation sites is 1. The first kappa shape index (κ1) is 19.9. The Morgan fingerprint density at radius 3 is 2.43 bits per heavy atom. The molecule has 0 atom stereocenters. The molecule has 0 saturated carbocycles. The van der Waals surface area contributed by atoms with Crippen molar-refractivity contribution >= 4 is 34.8 Å². The highest BCUT2D eigenvalue weighted by atomic mass is 35.5. The first-order valence-corrected chi connectivity index (χ1v) is 9.19. The Bertz CT molecular complexity index is 1010. The van der Waals surface area contributed by atoms with Gasteiger partial charge in [-0.1, -0.05) is 41.4 Å². The second kappa shape index (κ2) is 8.87. The molecule has 28 heavy (non-hydrogen) atoms. The van der Waals surface area contributed by atoms with Gasteiger partial charge in [-0.05, 0) is 48.0 Å². The Morgan fingerprint density at radius 1 is 0.929 bits per heavy atom. The Kier molecular flexibility index (Phi) is 6.29. The van der Waals surface area contributed by atoms with E-state index in [1.54, 1.807) is 30.3 Å². The maximum absolute atomic E-state index is 12.5. The Hall–Kier alpha value is -2.89. The molecule has 3 aromatic carbocycles. The van der Waals surface area contributed by atoms with Gasteiger partial charge in [-0.25, -0.2) is 0 Å². The van der Waals surface area contributed by atoms with Crippen LogP contribution in [0.5, 0.6) is 17.2 Å². The fraction of sp³-hybridized carbons (Fsp3) is 0.0952. The standard InChI is InChI=1S/C21H17Cl2NO4/c22-14-5-7-19(26)16(11-14)21(27)24-17-12-15(23)6-8-20(17)28-10-9-13-3-1-2-4-18(13)25/h1-8,11-12,25-26H,9-10H2,(H,24,27). The van der Waals surface area contributed by atoms with Crippen LogP contribution < -0.4 is 10.1 Å². The average molecular weight is 418 g/mol. The van der Waals surface area contributed by atoms with Crippen LogP contribution in [0.2, 0.25) is 10.0 Å². The number of phenols is 2. The molecule has 0 fully saturated rings. The second-order valence-corrected chi connectivity index (χ2v) is 6.86. The van der Waals surface area contributed by atoms with E-state index in [1.807, 2.05) is 12.1 Å². The average Bonchev–Trinajstić information content (AvgIpc) is 2.67. The zero-order valence-electron chi connectivity index (χ0n) is 14.7. The van der Waals surface area contributed by atoms with Gasteiger partial charge >= 0.3 is 0 Å². The second-order valence-electron chi connectivity index (χ2n) is 5.98. The molecule has 0 aliphatic heterocycles. The molecular formula is C21H17Cl2NO4. The summed E-state index contributed by atoms with van der Waals surface area (Å²) in [5, 5.41) is 23.1. The normalized spacial score (nSPS) is 10.5. The first-order chi connectivity index (χ1) is 13.4. The van der Waals surface area contributed by atoms with Gasteiger partial charge in [0.1, 0.15) is 17.2 Å². The molecule has 5 nitrogen and oxygen atoms in total. The third kappa shape index (κ3) is 4.88. The van der Waals surface area contributed by atoms with Crippen LogP contribution in [0, 0.1) is 0 Å². The smallest absolute Gasteiger partial charge is 0.259 e. The van der Waals surface area contributed by atoms with Crippen LogP contribution in [0.1, 0.15) is 15.9 Å². The van der Waals surface area contributed by atoms with Gasteiger partial charge in [0, 0.05) is 16.5 Å². The van der Waals surface area contributed by atoms with E-state index in [2.05, 4.69) is 5.32 Å². The maximum Gasteiger partial charge on any atom is 0.259 e. The molecular weight excluding hydrogens is 401 g/mol. The van der Waals surface area contributed by atoms with Crippen molar-refractivity contribution in [1.82, 2.24) is 0 Å². The van der Waals surface area contributed by atoms with E-state index < -0.39 is 5.91 Å². The van der Waals surface area contributed by atoms with Crippen molar-refractivity contribution in [2.75, 3.05) is 11.9 Å². The molecule has 0 aliphatic rings. The molecule has 3 rings (SSSR count).